The molecule has 8 aromatic rings. The van der Waals surface area contributed by atoms with E-state index in [0.29, 0.717) is 0 Å². The molecular formula is C92H144N8. The minimum atomic E-state index is 0.998. The minimum Gasteiger partial charge on any atom is -0.305 e. The van der Waals surface area contributed by atoms with Gasteiger partial charge in [-0.1, -0.05) is 250 Å². The first-order valence-electron chi connectivity index (χ1n) is 38.3. The summed E-state index contributed by atoms with van der Waals surface area (Å²) in [5, 5.41) is 0. The van der Waals surface area contributed by atoms with Gasteiger partial charge in [0.05, 0.1) is 0 Å². The molecule has 4 aliphatic carbocycles. The second-order valence-electron chi connectivity index (χ2n) is 26.3. The van der Waals surface area contributed by atoms with Crippen LogP contribution in [0.1, 0.15) is 200 Å². The average Bonchev–Trinajstić information content (AvgIpc) is 1.64. The van der Waals surface area contributed by atoms with Crippen molar-refractivity contribution >= 4 is 0 Å². The van der Waals surface area contributed by atoms with Gasteiger partial charge < -0.3 is 39.2 Å². The monoisotopic (exact) mass is 1360 g/mol. The number of hydrogen-bond donors (Lipinski definition) is 0. The maximum absolute atomic E-state index is 2.42. The molecular weight excluding hydrogens is 1220 g/mol. The van der Waals surface area contributed by atoms with E-state index in [2.05, 4.69) is 298 Å². The Morgan fingerprint density at radius 3 is 1.01 bits per heavy atom. The molecule has 0 saturated carbocycles. The molecule has 0 aliphatic heterocycles. The molecule has 0 unspecified atom stereocenters. The number of benzene rings is 8. The van der Waals surface area contributed by atoms with E-state index in [1.165, 1.54) is 134 Å². The maximum atomic E-state index is 2.42. The summed E-state index contributed by atoms with van der Waals surface area (Å²) in [7, 11) is 34.3. The Balaban J connectivity index is 0.000000623. The molecule has 0 spiro atoms. The summed E-state index contributed by atoms with van der Waals surface area (Å²) in [6.45, 7) is 40.0. The third-order valence-corrected chi connectivity index (χ3v) is 16.3. The van der Waals surface area contributed by atoms with Crippen molar-refractivity contribution in [3.8, 4) is 44.5 Å². The fraction of sp³-hybridized carbons (Fsp3) is 0.478. The van der Waals surface area contributed by atoms with Crippen LogP contribution >= 0.6 is 0 Å². The normalized spacial score (nSPS) is 11.3. The van der Waals surface area contributed by atoms with Crippen LogP contribution in [-0.4, -0.2) is 152 Å². The molecule has 8 nitrogen and oxygen atoms in total. The first kappa shape index (κ1) is 91.5. The molecule has 100 heavy (non-hydrogen) atoms. The molecule has 0 atom stereocenters. The molecule has 0 saturated heterocycles. The fourth-order valence-electron chi connectivity index (χ4n) is 13.3. The molecule has 0 heterocycles. The highest BCUT2D eigenvalue weighted by Crippen LogP contribution is 2.44. The fourth-order valence-corrected chi connectivity index (χ4v) is 13.3. The summed E-state index contributed by atoms with van der Waals surface area (Å²) in [5.74, 6) is 0. The Kier molecular flexibility index (Phi) is 44.9. The Labute approximate surface area is 616 Å². The lowest BCUT2D eigenvalue weighted by Crippen LogP contribution is -2.17. The molecule has 552 valence electrons. The van der Waals surface area contributed by atoms with Crippen LogP contribution in [0.4, 0.5) is 0 Å². The van der Waals surface area contributed by atoms with E-state index in [9.17, 15) is 0 Å². The summed E-state index contributed by atoms with van der Waals surface area (Å²) in [6, 6.07) is 54.3. The van der Waals surface area contributed by atoms with Crippen molar-refractivity contribution in [1.82, 2.24) is 39.2 Å². The molecule has 0 bridgehead atoms. The molecule has 8 aromatic carbocycles. The molecule has 4 aliphatic rings. The second-order valence-corrected chi connectivity index (χ2v) is 26.3. The first-order chi connectivity index (χ1) is 48.2. The van der Waals surface area contributed by atoms with Gasteiger partial charge in [-0.2, -0.15) is 0 Å². The summed E-state index contributed by atoms with van der Waals surface area (Å²) >= 11 is 0. The molecule has 0 fully saturated rings. The standard InChI is InChI=1S/4C19H24N2.8C2H6/c1-20(2)12-14-9-16-11-15-7-5-6-8-18(15)19(16)17(10-14)13-21(3)4;1-20(2)12-16-10-15-9-14-7-5-6-8-18(14)19(15)11-17(16)13-21(3)4;1-20(2)12-15-9-10-16(13-21(3)4)19-17-8-6-5-7-14(17)11-18(15)19;1-20(2)12-16-10-9-15-11-14-7-5-6-8-17(14)19(15)18(16)13-21(3)4;8*1-2/h5-10H,11-13H2,1-4H3;5-8,10-11H,9,12-13H2,1-4H3;2*5-10H,11-13H2,1-4H3;8*1-2H3. The van der Waals surface area contributed by atoms with Crippen molar-refractivity contribution in [2.75, 3.05) is 113 Å². The van der Waals surface area contributed by atoms with E-state index >= 15 is 0 Å². The van der Waals surface area contributed by atoms with Crippen LogP contribution in [0.2, 0.25) is 0 Å². The lowest BCUT2D eigenvalue weighted by molar-refractivity contribution is 0.381. The highest BCUT2D eigenvalue weighted by atomic mass is 15.1. The first-order valence-corrected chi connectivity index (χ1v) is 38.3. The van der Waals surface area contributed by atoms with Gasteiger partial charge in [-0.15, -0.1) is 0 Å². The molecule has 0 radical (unpaired) electrons. The summed E-state index contributed by atoms with van der Waals surface area (Å²) in [5.41, 5.74) is 35.1. The summed E-state index contributed by atoms with van der Waals surface area (Å²) < 4.78 is 0. The van der Waals surface area contributed by atoms with E-state index in [-0.39, 0.29) is 0 Å². The number of fused-ring (bicyclic) bond motifs is 12. The van der Waals surface area contributed by atoms with Crippen LogP contribution in [0.3, 0.4) is 0 Å². The van der Waals surface area contributed by atoms with Crippen molar-refractivity contribution in [1.29, 1.82) is 0 Å². The van der Waals surface area contributed by atoms with E-state index in [4.69, 9.17) is 0 Å². The van der Waals surface area contributed by atoms with Crippen molar-refractivity contribution in [2.24, 2.45) is 0 Å². The minimum absolute atomic E-state index is 0.998. The van der Waals surface area contributed by atoms with Crippen LogP contribution < -0.4 is 0 Å². The zero-order valence-corrected chi connectivity index (χ0v) is 69.9. The van der Waals surface area contributed by atoms with Gasteiger partial charge in [0.2, 0.25) is 0 Å². The molecule has 8 heteroatoms. The number of rotatable bonds is 16. The number of nitrogens with zero attached hydrogens (tertiary/aromatic N) is 8. The summed E-state index contributed by atoms with van der Waals surface area (Å²) in [6.07, 6.45) is 4.31. The SMILES string of the molecule is CC.CC.CC.CC.CC.CC.CC.CC.CN(C)Cc1cc2c(c(CN(C)C)c1)-c1ccccc1C2.CN(C)Cc1cc2c(cc1CN(C)C)-c1ccccc1C2.CN(C)Cc1ccc(CN(C)C)c2c1Cc1ccccc1-2.CN(C)Cc1ccc2c(c1CN(C)C)-c1ccccc1C2. The Morgan fingerprint density at radius 2 is 0.540 bits per heavy atom. The predicted molar refractivity (Wildman–Crippen MR) is 449 cm³/mol. The third kappa shape index (κ3) is 26.7. The van der Waals surface area contributed by atoms with Gasteiger partial charge >= 0.3 is 0 Å². The van der Waals surface area contributed by atoms with Gasteiger partial charge in [0.25, 0.3) is 0 Å². The topological polar surface area (TPSA) is 25.9 Å². The van der Waals surface area contributed by atoms with Crippen LogP contribution in [0.15, 0.2) is 146 Å². The van der Waals surface area contributed by atoms with Crippen LogP contribution in [-0.2, 0) is 78.0 Å². The van der Waals surface area contributed by atoms with Gasteiger partial charge in [-0.25, -0.2) is 0 Å². The number of hydrogen-bond acceptors (Lipinski definition) is 8. The lowest BCUT2D eigenvalue weighted by atomic mass is 9.94. The molecule has 12 rings (SSSR count). The Bertz CT molecular complexity index is 3550. The van der Waals surface area contributed by atoms with E-state index < -0.39 is 0 Å². The van der Waals surface area contributed by atoms with E-state index in [1.54, 1.807) is 0 Å². The third-order valence-electron chi connectivity index (χ3n) is 16.3. The predicted octanol–water partition coefficient (Wildman–Crippen LogP) is 21.7. The molecule has 0 N–H and O–H groups in total. The van der Waals surface area contributed by atoms with Gasteiger partial charge in [0.1, 0.15) is 0 Å². The zero-order chi connectivity index (χ0) is 75.9. The van der Waals surface area contributed by atoms with Crippen molar-refractivity contribution in [3.05, 3.63) is 235 Å². The second kappa shape index (κ2) is 49.1. The molecule has 0 aromatic heterocycles. The van der Waals surface area contributed by atoms with Crippen LogP contribution in [0, 0.1) is 0 Å². The quantitative estimate of drug-likeness (QED) is 0.0944. The highest BCUT2D eigenvalue weighted by molar-refractivity contribution is 5.83. The average molecular weight is 1360 g/mol. The van der Waals surface area contributed by atoms with Crippen molar-refractivity contribution in [2.45, 2.75) is 189 Å². The summed E-state index contributed by atoms with van der Waals surface area (Å²) in [4.78, 5) is 18.0. The van der Waals surface area contributed by atoms with Gasteiger partial charge in [-0.05, 0) is 278 Å². The van der Waals surface area contributed by atoms with Gasteiger partial charge in [0, 0.05) is 52.4 Å². The zero-order valence-electron chi connectivity index (χ0n) is 69.9. The van der Waals surface area contributed by atoms with Gasteiger partial charge in [-0.3, -0.25) is 0 Å². The maximum Gasteiger partial charge on any atom is 0.0237 e. The van der Waals surface area contributed by atoms with Crippen molar-refractivity contribution in [3.63, 3.8) is 0 Å². The Hall–Kier alpha value is -6.56. The lowest BCUT2D eigenvalue weighted by Gasteiger charge is -2.21. The Morgan fingerprint density at radius 1 is 0.210 bits per heavy atom. The molecule has 0 amide bonds. The van der Waals surface area contributed by atoms with E-state index in [1.807, 2.05) is 111 Å². The van der Waals surface area contributed by atoms with Crippen LogP contribution in [0.25, 0.3) is 44.5 Å². The largest absolute Gasteiger partial charge is 0.305 e. The van der Waals surface area contributed by atoms with E-state index in [0.717, 1.165) is 78.0 Å². The highest BCUT2D eigenvalue weighted by Gasteiger charge is 2.27. The van der Waals surface area contributed by atoms with Crippen molar-refractivity contribution < 1.29 is 0 Å². The van der Waals surface area contributed by atoms with Gasteiger partial charge in [0.15, 0.2) is 0 Å². The smallest absolute Gasteiger partial charge is 0.0237 e. The van der Waals surface area contributed by atoms with Crippen LogP contribution in [0.5, 0.6) is 0 Å².